The maximum Gasteiger partial charge on any atom is 0.251 e. The van der Waals surface area contributed by atoms with E-state index in [2.05, 4.69) is 16.9 Å². The lowest BCUT2D eigenvalue weighted by Crippen LogP contribution is -2.15. The Hall–Kier alpha value is -1.59. The summed E-state index contributed by atoms with van der Waals surface area (Å²) in [7, 11) is 0. The highest BCUT2D eigenvalue weighted by Gasteiger charge is 2.08. The maximum absolute atomic E-state index is 11.6. The zero-order valence-corrected chi connectivity index (χ0v) is 12.3. The van der Waals surface area contributed by atoms with E-state index < -0.39 is 0 Å². The van der Waals surface area contributed by atoms with E-state index in [1.54, 1.807) is 6.07 Å². The fraction of sp³-hybridized carbons (Fsp3) is 0.333. The second kappa shape index (κ2) is 7.26. The van der Waals surface area contributed by atoms with E-state index in [4.69, 9.17) is 5.73 Å². The van der Waals surface area contributed by atoms with Crippen molar-refractivity contribution < 1.29 is 0 Å². The summed E-state index contributed by atoms with van der Waals surface area (Å²) in [4.78, 5) is 18.8. The third kappa shape index (κ3) is 4.21. The molecule has 4 nitrogen and oxygen atoms in total. The van der Waals surface area contributed by atoms with Crippen LogP contribution in [0, 0.1) is 0 Å². The van der Waals surface area contributed by atoms with Gasteiger partial charge in [0.1, 0.15) is 0 Å². The van der Waals surface area contributed by atoms with Crippen molar-refractivity contribution in [3.05, 3.63) is 58.0 Å². The van der Waals surface area contributed by atoms with Gasteiger partial charge >= 0.3 is 0 Å². The van der Waals surface area contributed by atoms with Crippen LogP contribution in [-0.2, 0) is 6.42 Å². The average molecular weight is 289 g/mol. The Balaban J connectivity index is 2.02. The molecule has 1 unspecified atom stereocenters. The molecule has 2 aromatic rings. The first-order valence-electron chi connectivity index (χ1n) is 6.72. The molecule has 5 heteroatoms. The second-order valence-electron chi connectivity index (χ2n) is 4.62. The molecule has 3 N–H and O–H groups in total. The number of hydrogen-bond donors (Lipinski definition) is 2. The fourth-order valence-corrected chi connectivity index (χ4v) is 2.79. The van der Waals surface area contributed by atoms with Crippen molar-refractivity contribution >= 4 is 11.8 Å². The van der Waals surface area contributed by atoms with Gasteiger partial charge in [-0.15, -0.1) is 0 Å². The Morgan fingerprint density at radius 3 is 2.80 bits per heavy atom. The zero-order valence-electron chi connectivity index (χ0n) is 11.5. The monoisotopic (exact) mass is 289 g/mol. The number of aromatic nitrogens is 2. The zero-order chi connectivity index (χ0) is 14.4. The Morgan fingerprint density at radius 2 is 2.10 bits per heavy atom. The number of nitrogens with two attached hydrogens (primary N) is 1. The van der Waals surface area contributed by atoms with Gasteiger partial charge < -0.3 is 10.7 Å². The van der Waals surface area contributed by atoms with E-state index in [0.717, 1.165) is 24.1 Å². The number of thioether (sulfide) groups is 1. The first-order valence-corrected chi connectivity index (χ1v) is 7.71. The molecule has 0 aliphatic carbocycles. The number of hydrogen-bond acceptors (Lipinski definition) is 4. The molecule has 1 atom stereocenters. The predicted molar refractivity (Wildman–Crippen MR) is 82.9 cm³/mol. The van der Waals surface area contributed by atoms with E-state index in [0.29, 0.717) is 10.9 Å². The van der Waals surface area contributed by atoms with Crippen LogP contribution >= 0.6 is 11.8 Å². The van der Waals surface area contributed by atoms with Crippen LogP contribution in [0.25, 0.3) is 0 Å². The molecule has 1 aromatic carbocycles. The third-order valence-corrected chi connectivity index (χ3v) is 3.90. The quantitative estimate of drug-likeness (QED) is 0.633. The van der Waals surface area contributed by atoms with E-state index in [1.807, 2.05) is 30.3 Å². The summed E-state index contributed by atoms with van der Waals surface area (Å²) >= 11 is 1.49. The lowest BCUT2D eigenvalue weighted by molar-refractivity contribution is 0.803. The molecule has 1 aromatic heterocycles. The standard InChI is InChI=1S/C15H19N3OS/c1-2-6-12-9-14(19)18-15(17-12)20-10-13(16)11-7-4-3-5-8-11/h3-5,7-9,13H,2,6,10,16H2,1H3,(H,17,18,19). The normalized spacial score (nSPS) is 12.3. The van der Waals surface area contributed by atoms with E-state index in [9.17, 15) is 4.79 Å². The summed E-state index contributed by atoms with van der Waals surface area (Å²) in [5.74, 6) is 0.683. The van der Waals surface area contributed by atoms with Crippen molar-refractivity contribution in [2.75, 3.05) is 5.75 Å². The molecular formula is C15H19N3OS. The van der Waals surface area contributed by atoms with Crippen LogP contribution in [-0.4, -0.2) is 15.7 Å². The van der Waals surface area contributed by atoms with Crippen LogP contribution in [0.15, 0.2) is 46.3 Å². The number of H-pyrrole nitrogens is 1. The van der Waals surface area contributed by atoms with Crippen molar-refractivity contribution in [2.45, 2.75) is 31.0 Å². The summed E-state index contributed by atoms with van der Waals surface area (Å²) in [5.41, 5.74) is 7.97. The largest absolute Gasteiger partial charge is 0.323 e. The van der Waals surface area contributed by atoms with Crippen LogP contribution < -0.4 is 11.3 Å². The molecule has 0 saturated carbocycles. The number of nitrogens with zero attached hydrogens (tertiary/aromatic N) is 1. The molecule has 20 heavy (non-hydrogen) atoms. The van der Waals surface area contributed by atoms with Crippen molar-refractivity contribution in [3.8, 4) is 0 Å². The van der Waals surface area contributed by atoms with Crippen molar-refractivity contribution in [3.63, 3.8) is 0 Å². The highest BCUT2D eigenvalue weighted by atomic mass is 32.2. The van der Waals surface area contributed by atoms with Crippen LogP contribution in [0.1, 0.15) is 30.6 Å². The van der Waals surface area contributed by atoms with Gasteiger partial charge in [-0.25, -0.2) is 4.98 Å². The Labute approximate surface area is 122 Å². The Bertz CT molecular complexity index is 598. The highest BCUT2D eigenvalue weighted by Crippen LogP contribution is 2.20. The van der Waals surface area contributed by atoms with Crippen LogP contribution in [0.4, 0.5) is 0 Å². The van der Waals surface area contributed by atoms with Gasteiger partial charge in [0, 0.05) is 23.6 Å². The minimum Gasteiger partial charge on any atom is -0.323 e. The SMILES string of the molecule is CCCc1cc(=O)[nH]c(SCC(N)c2ccccc2)n1. The molecule has 106 valence electrons. The van der Waals surface area contributed by atoms with Gasteiger partial charge in [-0.2, -0.15) is 0 Å². The Kier molecular flexibility index (Phi) is 5.38. The molecule has 0 spiro atoms. The minimum atomic E-state index is -0.0979. The molecule has 0 aliphatic rings. The summed E-state index contributed by atoms with van der Waals surface area (Å²) in [5, 5.41) is 0.646. The molecule has 0 saturated heterocycles. The number of rotatable bonds is 6. The highest BCUT2D eigenvalue weighted by molar-refractivity contribution is 7.99. The van der Waals surface area contributed by atoms with Crippen molar-refractivity contribution in [1.82, 2.24) is 9.97 Å². The van der Waals surface area contributed by atoms with E-state index in [1.165, 1.54) is 11.8 Å². The van der Waals surface area contributed by atoms with E-state index in [-0.39, 0.29) is 11.6 Å². The number of aryl methyl sites for hydroxylation is 1. The lowest BCUT2D eigenvalue weighted by atomic mass is 10.1. The van der Waals surface area contributed by atoms with Crippen molar-refractivity contribution in [2.24, 2.45) is 5.73 Å². The molecule has 0 aliphatic heterocycles. The molecular weight excluding hydrogens is 270 g/mol. The summed E-state index contributed by atoms with van der Waals surface area (Å²) in [6.45, 7) is 2.07. The van der Waals surface area contributed by atoms with Gasteiger partial charge in [0.2, 0.25) is 0 Å². The first kappa shape index (κ1) is 14.8. The molecule has 0 radical (unpaired) electrons. The number of nitrogens with one attached hydrogen (secondary N) is 1. The lowest BCUT2D eigenvalue weighted by Gasteiger charge is -2.11. The molecule has 0 bridgehead atoms. The van der Waals surface area contributed by atoms with Crippen LogP contribution in [0.3, 0.4) is 0 Å². The average Bonchev–Trinajstić information content (AvgIpc) is 2.45. The smallest absolute Gasteiger partial charge is 0.251 e. The van der Waals surface area contributed by atoms with Gasteiger partial charge in [-0.05, 0) is 12.0 Å². The van der Waals surface area contributed by atoms with Gasteiger partial charge in [0.05, 0.1) is 0 Å². The van der Waals surface area contributed by atoms with Gasteiger partial charge in [0.15, 0.2) is 5.16 Å². The minimum absolute atomic E-state index is 0.0682. The van der Waals surface area contributed by atoms with Gasteiger partial charge in [0.25, 0.3) is 5.56 Å². The predicted octanol–water partition coefficient (Wildman–Crippen LogP) is 2.51. The molecule has 1 heterocycles. The number of aromatic amines is 1. The molecule has 2 rings (SSSR count). The van der Waals surface area contributed by atoms with Crippen LogP contribution in [0.2, 0.25) is 0 Å². The maximum atomic E-state index is 11.6. The van der Waals surface area contributed by atoms with Gasteiger partial charge in [-0.1, -0.05) is 55.4 Å². The Morgan fingerprint density at radius 1 is 1.35 bits per heavy atom. The molecule has 0 amide bonds. The summed E-state index contributed by atoms with van der Waals surface area (Å²) in [6, 6.07) is 11.4. The second-order valence-corrected chi connectivity index (χ2v) is 5.63. The fourth-order valence-electron chi connectivity index (χ4n) is 1.90. The topological polar surface area (TPSA) is 71.8 Å². The molecule has 0 fully saturated rings. The number of benzene rings is 1. The van der Waals surface area contributed by atoms with Crippen molar-refractivity contribution in [1.29, 1.82) is 0 Å². The summed E-state index contributed by atoms with van der Waals surface area (Å²) < 4.78 is 0. The summed E-state index contributed by atoms with van der Waals surface area (Å²) in [6.07, 6.45) is 1.80. The first-order chi connectivity index (χ1) is 9.69. The van der Waals surface area contributed by atoms with Gasteiger partial charge in [-0.3, -0.25) is 4.79 Å². The third-order valence-electron chi connectivity index (χ3n) is 2.91. The van der Waals surface area contributed by atoms with Crippen LogP contribution in [0.5, 0.6) is 0 Å². The van der Waals surface area contributed by atoms with E-state index >= 15 is 0 Å².